The lowest BCUT2D eigenvalue weighted by Crippen LogP contribution is -2.02. The van der Waals surface area contributed by atoms with E-state index in [1.165, 1.54) is 13.8 Å². The Kier molecular flexibility index (Phi) is 6.06. The maximum absolute atomic E-state index is 11.4. The highest BCUT2D eigenvalue weighted by Gasteiger charge is 2.16. The Labute approximate surface area is 205 Å². The summed E-state index contributed by atoms with van der Waals surface area (Å²) in [5.74, 6) is 1.80. The van der Waals surface area contributed by atoms with E-state index in [4.69, 9.17) is 9.47 Å². The molecule has 10 heteroatoms. The van der Waals surface area contributed by atoms with E-state index in [0.29, 0.717) is 45.9 Å². The number of hydrogen-bond donors (Lipinski definition) is 2. The van der Waals surface area contributed by atoms with Gasteiger partial charge in [-0.05, 0) is 30.3 Å². The number of H-pyrrole nitrogens is 2. The van der Waals surface area contributed by atoms with Crippen molar-refractivity contribution in [1.29, 1.82) is 0 Å². The molecule has 0 fully saturated rings. The summed E-state index contributed by atoms with van der Waals surface area (Å²) in [6, 6.07) is 21.7. The average molecular weight is 480 g/mol. The maximum atomic E-state index is 11.4. The van der Waals surface area contributed by atoms with Gasteiger partial charge in [-0.2, -0.15) is 10.2 Å². The van der Waals surface area contributed by atoms with Crippen LogP contribution in [0.4, 0.5) is 0 Å². The molecular formula is C26H20N6O4. The highest BCUT2D eigenvalue weighted by atomic mass is 16.5. The first kappa shape index (κ1) is 22.7. The second-order valence-electron chi connectivity index (χ2n) is 7.78. The number of benzene rings is 3. The van der Waals surface area contributed by atoms with Gasteiger partial charge in [-0.1, -0.05) is 42.5 Å². The minimum absolute atomic E-state index is 0.392. The lowest BCUT2D eigenvalue weighted by Gasteiger charge is -2.05. The molecule has 5 aromatic rings. The van der Waals surface area contributed by atoms with E-state index in [0.717, 1.165) is 11.1 Å². The summed E-state index contributed by atoms with van der Waals surface area (Å²) in [6.45, 7) is 2.69. The average Bonchev–Trinajstić information content (AvgIpc) is 3.55. The van der Waals surface area contributed by atoms with Crippen molar-refractivity contribution in [3.05, 3.63) is 72.8 Å². The van der Waals surface area contributed by atoms with Gasteiger partial charge < -0.3 is 9.47 Å². The fraction of sp³-hybridized carbons (Fsp3) is 0.0769. The molecule has 0 aliphatic rings. The lowest BCUT2D eigenvalue weighted by atomic mass is 10.1. The van der Waals surface area contributed by atoms with Crippen molar-refractivity contribution in [3.63, 3.8) is 0 Å². The Morgan fingerprint density at radius 2 is 1.08 bits per heavy atom. The summed E-state index contributed by atoms with van der Waals surface area (Å²) < 4.78 is 10.6. The van der Waals surface area contributed by atoms with Crippen LogP contribution in [0.2, 0.25) is 0 Å². The van der Waals surface area contributed by atoms with Gasteiger partial charge in [0.2, 0.25) is 0 Å². The van der Waals surface area contributed by atoms with E-state index in [1.807, 2.05) is 36.4 Å². The molecular weight excluding hydrogens is 460 g/mol. The van der Waals surface area contributed by atoms with E-state index >= 15 is 0 Å². The number of hydrogen-bond acceptors (Lipinski definition) is 8. The van der Waals surface area contributed by atoms with Crippen molar-refractivity contribution in [2.24, 2.45) is 0 Å². The number of carbonyl (C=O) groups excluding carboxylic acids is 2. The molecule has 2 aromatic heterocycles. The fourth-order valence-electron chi connectivity index (χ4n) is 3.63. The third-order valence-electron chi connectivity index (χ3n) is 5.14. The largest absolute Gasteiger partial charge is 0.426 e. The quantitative estimate of drug-likeness (QED) is 0.269. The maximum Gasteiger partial charge on any atom is 0.308 e. The molecule has 10 nitrogen and oxygen atoms in total. The van der Waals surface area contributed by atoms with Gasteiger partial charge in [0.05, 0.1) is 11.1 Å². The smallest absolute Gasteiger partial charge is 0.308 e. The minimum atomic E-state index is -0.420. The van der Waals surface area contributed by atoms with Gasteiger partial charge in [0.15, 0.2) is 23.3 Å². The van der Waals surface area contributed by atoms with E-state index in [2.05, 4.69) is 30.4 Å². The molecule has 0 atom stereocenters. The van der Waals surface area contributed by atoms with Gasteiger partial charge >= 0.3 is 11.9 Å². The van der Waals surface area contributed by atoms with Crippen LogP contribution in [-0.4, -0.2) is 42.3 Å². The van der Waals surface area contributed by atoms with E-state index < -0.39 is 11.9 Å². The summed E-state index contributed by atoms with van der Waals surface area (Å²) in [5, 5.41) is 14.5. The summed E-state index contributed by atoms with van der Waals surface area (Å²) >= 11 is 0. The zero-order valence-corrected chi connectivity index (χ0v) is 19.4. The Balaban J connectivity index is 1.44. The van der Waals surface area contributed by atoms with Crippen LogP contribution in [-0.2, 0) is 9.59 Å². The monoisotopic (exact) mass is 480 g/mol. The van der Waals surface area contributed by atoms with E-state index in [9.17, 15) is 9.59 Å². The van der Waals surface area contributed by atoms with Crippen molar-refractivity contribution in [2.45, 2.75) is 13.8 Å². The molecule has 0 unspecified atom stereocenters. The molecule has 0 saturated carbocycles. The number of carbonyl (C=O) groups is 2. The Bertz CT molecular complexity index is 1460. The number of nitrogens with one attached hydrogen (secondary N) is 2. The van der Waals surface area contributed by atoms with Gasteiger partial charge in [-0.15, -0.1) is 0 Å². The number of aromatic nitrogens is 6. The van der Waals surface area contributed by atoms with Gasteiger partial charge in [0.25, 0.3) is 0 Å². The van der Waals surface area contributed by atoms with Crippen molar-refractivity contribution >= 4 is 11.9 Å². The van der Waals surface area contributed by atoms with Gasteiger partial charge in [0, 0.05) is 25.0 Å². The Morgan fingerprint density at radius 3 is 1.53 bits per heavy atom. The third-order valence-corrected chi connectivity index (χ3v) is 5.14. The van der Waals surface area contributed by atoms with E-state index in [1.54, 1.807) is 36.4 Å². The highest BCUT2D eigenvalue weighted by Crippen LogP contribution is 2.31. The summed E-state index contributed by atoms with van der Waals surface area (Å²) in [4.78, 5) is 32.1. The van der Waals surface area contributed by atoms with Crippen LogP contribution < -0.4 is 9.47 Å². The first-order valence-corrected chi connectivity index (χ1v) is 11.0. The number of rotatable bonds is 6. The Hall–Kier alpha value is -5.12. The summed E-state index contributed by atoms with van der Waals surface area (Å²) in [6.07, 6.45) is 0. The molecule has 2 N–H and O–H groups in total. The van der Waals surface area contributed by atoms with Crippen molar-refractivity contribution in [3.8, 4) is 57.1 Å². The molecule has 2 heterocycles. The zero-order chi connectivity index (χ0) is 25.1. The van der Waals surface area contributed by atoms with Crippen LogP contribution in [0.3, 0.4) is 0 Å². The molecule has 178 valence electrons. The molecule has 0 saturated heterocycles. The van der Waals surface area contributed by atoms with Crippen LogP contribution in [0.15, 0.2) is 72.8 Å². The zero-order valence-electron chi connectivity index (χ0n) is 19.4. The van der Waals surface area contributed by atoms with Crippen molar-refractivity contribution in [2.75, 3.05) is 0 Å². The lowest BCUT2D eigenvalue weighted by molar-refractivity contribution is -0.132. The second-order valence-corrected chi connectivity index (χ2v) is 7.78. The number of nitrogens with zero attached hydrogens (tertiary/aromatic N) is 4. The second kappa shape index (κ2) is 9.63. The summed E-state index contributed by atoms with van der Waals surface area (Å²) in [5.41, 5.74) is 2.72. The molecule has 0 radical (unpaired) electrons. The van der Waals surface area contributed by atoms with Crippen LogP contribution in [0.1, 0.15) is 13.8 Å². The van der Waals surface area contributed by atoms with Crippen LogP contribution in [0.5, 0.6) is 11.5 Å². The van der Waals surface area contributed by atoms with Crippen LogP contribution in [0, 0.1) is 0 Å². The molecule has 0 aliphatic heterocycles. The molecule has 3 aromatic carbocycles. The minimum Gasteiger partial charge on any atom is -0.426 e. The number of esters is 2. The van der Waals surface area contributed by atoms with Crippen molar-refractivity contribution in [1.82, 2.24) is 30.4 Å². The third kappa shape index (κ3) is 4.73. The molecule has 0 aliphatic carbocycles. The molecule has 0 amide bonds. The molecule has 5 rings (SSSR count). The number of aromatic amines is 2. The SMILES string of the molecule is CC(=O)Oc1ccccc1-c1nc(-c2cccc(-c3n[nH]c(-c4ccccc4OC(C)=O)n3)c2)n[nH]1. The van der Waals surface area contributed by atoms with Crippen molar-refractivity contribution < 1.29 is 19.1 Å². The fourth-order valence-corrected chi connectivity index (χ4v) is 3.63. The van der Waals surface area contributed by atoms with Crippen LogP contribution >= 0.6 is 0 Å². The summed E-state index contributed by atoms with van der Waals surface area (Å²) in [7, 11) is 0. The number of ether oxygens (including phenoxy) is 2. The standard InChI is InChI=1S/C26H20N6O4/c1-15(33)35-21-12-5-3-10-19(21)25-27-23(29-31-25)17-8-7-9-18(14-17)24-28-26(32-30-24)20-11-4-6-13-22(20)36-16(2)34/h3-14H,1-2H3,(H,27,29,31)(H,28,30,32). The first-order valence-electron chi connectivity index (χ1n) is 11.0. The van der Waals surface area contributed by atoms with E-state index in [-0.39, 0.29) is 0 Å². The Morgan fingerprint density at radius 1 is 0.639 bits per heavy atom. The molecule has 0 bridgehead atoms. The van der Waals surface area contributed by atoms with Gasteiger partial charge in [-0.25, -0.2) is 9.97 Å². The normalized spacial score (nSPS) is 10.7. The number of para-hydroxylation sites is 2. The predicted octanol–water partition coefficient (Wildman–Crippen LogP) is 4.44. The predicted molar refractivity (Wildman–Crippen MR) is 131 cm³/mol. The highest BCUT2D eigenvalue weighted by molar-refractivity contribution is 5.76. The van der Waals surface area contributed by atoms with Crippen LogP contribution in [0.25, 0.3) is 45.6 Å². The topological polar surface area (TPSA) is 136 Å². The van der Waals surface area contributed by atoms with Gasteiger partial charge in [-0.3, -0.25) is 19.8 Å². The van der Waals surface area contributed by atoms with Gasteiger partial charge in [0.1, 0.15) is 11.5 Å². The molecule has 36 heavy (non-hydrogen) atoms. The molecule has 0 spiro atoms. The first-order chi connectivity index (χ1) is 17.5.